The van der Waals surface area contributed by atoms with Gasteiger partial charge in [0.2, 0.25) is 5.69 Å². The Morgan fingerprint density at radius 3 is 2.00 bits per heavy atom. The van der Waals surface area contributed by atoms with Crippen molar-refractivity contribution in [3.05, 3.63) is 53.0 Å². The molecule has 0 aliphatic heterocycles. The van der Waals surface area contributed by atoms with E-state index in [-0.39, 0.29) is 16.6 Å². The molecule has 2 aromatic rings. The number of benzene rings is 1. The van der Waals surface area contributed by atoms with Crippen LogP contribution in [-0.2, 0) is 17.9 Å². The van der Waals surface area contributed by atoms with Crippen LogP contribution < -0.4 is 4.57 Å². The van der Waals surface area contributed by atoms with Crippen molar-refractivity contribution in [3.63, 3.8) is 0 Å². The summed E-state index contributed by atoms with van der Waals surface area (Å²) in [4.78, 5) is 0. The molecule has 0 saturated heterocycles. The second-order valence-electron chi connectivity index (χ2n) is 8.56. The van der Waals surface area contributed by atoms with E-state index < -0.39 is 0 Å². The van der Waals surface area contributed by atoms with Crippen molar-refractivity contribution in [2.75, 3.05) is 0 Å². The third-order valence-corrected chi connectivity index (χ3v) is 4.40. The maximum absolute atomic E-state index is 14.4. The summed E-state index contributed by atoms with van der Waals surface area (Å²) < 4.78 is 16.5. The van der Waals surface area contributed by atoms with Crippen LogP contribution in [0.3, 0.4) is 0 Å². The molecule has 23 heavy (non-hydrogen) atoms. The third kappa shape index (κ3) is 3.63. The van der Waals surface area contributed by atoms with Crippen LogP contribution in [0, 0.1) is 12.7 Å². The van der Waals surface area contributed by atoms with Crippen molar-refractivity contribution >= 4 is 0 Å². The van der Waals surface area contributed by atoms with E-state index in [1.54, 1.807) is 6.07 Å². The topological polar surface area (TPSA) is 3.88 Å². The van der Waals surface area contributed by atoms with E-state index in [1.807, 2.05) is 33.8 Å². The molecule has 0 N–H and O–H groups in total. The summed E-state index contributed by atoms with van der Waals surface area (Å²) in [6.07, 6.45) is 2.18. The zero-order valence-electron chi connectivity index (χ0n) is 15.7. The highest BCUT2D eigenvalue weighted by Gasteiger charge is 2.24. The fourth-order valence-electron chi connectivity index (χ4n) is 2.85. The van der Waals surface area contributed by atoms with Gasteiger partial charge in [-0.2, -0.15) is 0 Å². The minimum absolute atomic E-state index is 0.116. The summed E-state index contributed by atoms with van der Waals surface area (Å²) in [5.41, 5.74) is 5.13. The Labute approximate surface area is 140 Å². The van der Waals surface area contributed by atoms with Crippen LogP contribution in [0.25, 0.3) is 11.3 Å². The van der Waals surface area contributed by atoms with Gasteiger partial charge >= 0.3 is 0 Å². The van der Waals surface area contributed by atoms with Gasteiger partial charge in [-0.25, -0.2) is 8.96 Å². The second kappa shape index (κ2) is 5.74. The van der Waals surface area contributed by atoms with Crippen LogP contribution in [0.2, 0.25) is 0 Å². The van der Waals surface area contributed by atoms with E-state index in [1.165, 1.54) is 5.56 Å². The molecule has 1 heterocycles. The molecule has 0 fully saturated rings. The molecule has 0 radical (unpaired) electrons. The number of rotatable bonds is 1. The number of halogens is 1. The van der Waals surface area contributed by atoms with Crippen molar-refractivity contribution < 1.29 is 8.96 Å². The predicted molar refractivity (Wildman–Crippen MR) is 95.1 cm³/mol. The summed E-state index contributed by atoms with van der Waals surface area (Å²) in [6, 6.07) is 7.99. The Morgan fingerprint density at radius 2 is 1.52 bits per heavy atom. The molecule has 2 heteroatoms. The molecule has 0 aliphatic carbocycles. The molecular weight excluding hydrogens is 285 g/mol. The maximum Gasteiger partial charge on any atom is 0.212 e. The lowest BCUT2D eigenvalue weighted by molar-refractivity contribution is -0.661. The molecule has 2 rings (SSSR count). The minimum atomic E-state index is -0.212. The molecule has 0 unspecified atom stereocenters. The van der Waals surface area contributed by atoms with E-state index in [0.717, 1.165) is 22.4 Å². The Morgan fingerprint density at radius 1 is 0.913 bits per heavy atom. The van der Waals surface area contributed by atoms with E-state index >= 15 is 0 Å². The lowest BCUT2D eigenvalue weighted by Gasteiger charge is -2.22. The van der Waals surface area contributed by atoms with Gasteiger partial charge in [-0.1, -0.05) is 41.5 Å². The first kappa shape index (κ1) is 17.7. The van der Waals surface area contributed by atoms with Crippen LogP contribution in [-0.4, -0.2) is 0 Å². The molecule has 0 aliphatic rings. The van der Waals surface area contributed by atoms with Gasteiger partial charge in [0.1, 0.15) is 12.9 Å². The van der Waals surface area contributed by atoms with Gasteiger partial charge in [0.15, 0.2) is 6.20 Å². The molecule has 124 valence electrons. The van der Waals surface area contributed by atoms with Crippen molar-refractivity contribution in [1.82, 2.24) is 0 Å². The molecule has 0 spiro atoms. The molecule has 1 aromatic carbocycles. The molecule has 0 atom stereocenters. The van der Waals surface area contributed by atoms with Gasteiger partial charge in [0.25, 0.3) is 0 Å². The highest BCUT2D eigenvalue weighted by molar-refractivity contribution is 5.63. The molecule has 0 amide bonds. The standard InChI is InChI=1S/C21H29FN/c1-14-11-18(22)17(21(5,6)7)12-16(14)19-10-9-15(13-23(19)8)20(2,3)4/h9-13H,1-8H3/q+1. The Bertz CT molecular complexity index is 731. The Kier molecular flexibility index (Phi) is 4.40. The fraction of sp³-hybridized carbons (Fsp3) is 0.476. The van der Waals surface area contributed by atoms with Gasteiger partial charge in [-0.3, -0.25) is 0 Å². The lowest BCUT2D eigenvalue weighted by atomic mass is 9.84. The molecule has 1 aromatic heterocycles. The van der Waals surface area contributed by atoms with E-state index in [9.17, 15) is 4.39 Å². The summed E-state index contributed by atoms with van der Waals surface area (Å²) in [7, 11) is 2.06. The summed E-state index contributed by atoms with van der Waals surface area (Å²) in [5.74, 6) is -0.118. The SMILES string of the molecule is Cc1cc(F)c(C(C)(C)C)cc1-c1ccc(C(C)(C)C)c[n+]1C. The quantitative estimate of drug-likeness (QED) is 0.635. The van der Waals surface area contributed by atoms with E-state index in [4.69, 9.17) is 0 Å². The predicted octanol–water partition coefficient (Wildman–Crippen LogP) is 5.22. The molecule has 0 bridgehead atoms. The number of hydrogen-bond acceptors (Lipinski definition) is 0. The van der Waals surface area contributed by atoms with Crippen LogP contribution in [0.5, 0.6) is 0 Å². The van der Waals surface area contributed by atoms with Crippen LogP contribution >= 0.6 is 0 Å². The largest absolute Gasteiger partial charge is 0.212 e. The molecule has 0 saturated carbocycles. The highest BCUT2D eigenvalue weighted by Crippen LogP contribution is 2.32. The Hall–Kier alpha value is -1.70. The maximum atomic E-state index is 14.4. The van der Waals surface area contributed by atoms with Crippen molar-refractivity contribution in [3.8, 4) is 11.3 Å². The van der Waals surface area contributed by atoms with Gasteiger partial charge in [-0.15, -0.1) is 0 Å². The van der Waals surface area contributed by atoms with Crippen molar-refractivity contribution in [2.45, 2.75) is 59.3 Å². The van der Waals surface area contributed by atoms with Crippen molar-refractivity contribution in [1.29, 1.82) is 0 Å². The average molecular weight is 314 g/mol. The van der Waals surface area contributed by atoms with Crippen LogP contribution in [0.1, 0.15) is 58.2 Å². The minimum Gasteiger partial charge on any atom is -0.207 e. The van der Waals surface area contributed by atoms with E-state index in [2.05, 4.69) is 50.7 Å². The summed E-state index contributed by atoms with van der Waals surface area (Å²) in [6.45, 7) is 14.8. The van der Waals surface area contributed by atoms with Gasteiger partial charge in [-0.05, 0) is 47.1 Å². The first-order chi connectivity index (χ1) is 10.4. The van der Waals surface area contributed by atoms with Gasteiger partial charge in [0.05, 0.1) is 0 Å². The summed E-state index contributed by atoms with van der Waals surface area (Å²) in [5, 5.41) is 0. The van der Waals surface area contributed by atoms with Gasteiger partial charge in [0, 0.05) is 17.2 Å². The smallest absolute Gasteiger partial charge is 0.207 e. The monoisotopic (exact) mass is 314 g/mol. The third-order valence-electron chi connectivity index (χ3n) is 4.40. The van der Waals surface area contributed by atoms with Gasteiger partial charge < -0.3 is 0 Å². The first-order valence-corrected chi connectivity index (χ1v) is 8.22. The van der Waals surface area contributed by atoms with Crippen LogP contribution in [0.15, 0.2) is 30.5 Å². The molecule has 1 nitrogen and oxygen atoms in total. The highest BCUT2D eigenvalue weighted by atomic mass is 19.1. The van der Waals surface area contributed by atoms with E-state index in [0.29, 0.717) is 0 Å². The number of aryl methyl sites for hydroxylation is 2. The fourth-order valence-corrected chi connectivity index (χ4v) is 2.85. The number of nitrogens with zero attached hydrogens (tertiary/aromatic N) is 1. The van der Waals surface area contributed by atoms with Crippen LogP contribution in [0.4, 0.5) is 4.39 Å². The number of pyridine rings is 1. The molecular formula is C21H29FN+. The zero-order chi connectivity index (χ0) is 17.6. The normalized spacial score (nSPS) is 12.6. The zero-order valence-corrected chi connectivity index (χ0v) is 15.7. The average Bonchev–Trinajstić information content (AvgIpc) is 2.36. The lowest BCUT2D eigenvalue weighted by Crippen LogP contribution is -2.33. The van der Waals surface area contributed by atoms with Crippen molar-refractivity contribution in [2.24, 2.45) is 7.05 Å². The number of hydrogen-bond donors (Lipinski definition) is 0. The first-order valence-electron chi connectivity index (χ1n) is 8.22. The summed E-state index contributed by atoms with van der Waals surface area (Å²) >= 11 is 0. The number of aromatic nitrogens is 1. The second-order valence-corrected chi connectivity index (χ2v) is 8.56. The Balaban J connectivity index is 2.63.